The molecule has 2 heterocycles. The summed E-state index contributed by atoms with van der Waals surface area (Å²) in [6.07, 6.45) is 0. The Balaban J connectivity index is 1.53. The first kappa shape index (κ1) is 14.5. The lowest BCUT2D eigenvalue weighted by atomic mass is 10.2. The molecule has 7 heteroatoms. The van der Waals surface area contributed by atoms with Gasteiger partial charge in [-0.25, -0.2) is 0 Å². The molecular formula is C15H20N4O3. The summed E-state index contributed by atoms with van der Waals surface area (Å²) in [6.45, 7) is 2.44. The Morgan fingerprint density at radius 1 is 1.41 bits per heavy atom. The van der Waals surface area contributed by atoms with Crippen LogP contribution in [0.4, 0.5) is 0 Å². The van der Waals surface area contributed by atoms with Crippen LogP contribution >= 0.6 is 0 Å². The molecule has 0 spiro atoms. The summed E-state index contributed by atoms with van der Waals surface area (Å²) in [5, 5.41) is 15.4. The summed E-state index contributed by atoms with van der Waals surface area (Å²) >= 11 is 0. The number of hydrogen-bond acceptors (Lipinski definition) is 6. The maximum Gasteiger partial charge on any atom is 0.239 e. The SMILES string of the molecule is CN1COCC2=C1NCN2CC(=O)NCc1ccc(O)cc1. The highest BCUT2D eigenvalue weighted by atomic mass is 16.5. The van der Waals surface area contributed by atoms with Crippen LogP contribution in [0.25, 0.3) is 0 Å². The highest BCUT2D eigenvalue weighted by Crippen LogP contribution is 2.21. The van der Waals surface area contributed by atoms with Gasteiger partial charge in [0.05, 0.1) is 25.5 Å². The molecule has 1 aromatic rings. The van der Waals surface area contributed by atoms with Crippen molar-refractivity contribution in [1.82, 2.24) is 20.4 Å². The fourth-order valence-electron chi connectivity index (χ4n) is 2.57. The van der Waals surface area contributed by atoms with E-state index in [9.17, 15) is 9.90 Å². The zero-order chi connectivity index (χ0) is 15.5. The first-order chi connectivity index (χ1) is 10.6. The minimum absolute atomic E-state index is 0.0446. The number of rotatable bonds is 4. The van der Waals surface area contributed by atoms with Crippen molar-refractivity contribution in [3.8, 4) is 5.75 Å². The normalized spacial score (nSPS) is 17.3. The van der Waals surface area contributed by atoms with Gasteiger partial charge in [0.25, 0.3) is 0 Å². The summed E-state index contributed by atoms with van der Waals surface area (Å²) < 4.78 is 5.48. The summed E-state index contributed by atoms with van der Waals surface area (Å²) in [5.41, 5.74) is 1.97. The molecule has 0 aliphatic carbocycles. The van der Waals surface area contributed by atoms with Crippen LogP contribution in [0, 0.1) is 0 Å². The number of carbonyl (C=O) groups excluding carboxylic acids is 1. The molecule has 118 valence electrons. The number of ether oxygens (including phenoxy) is 1. The number of nitrogens with one attached hydrogen (secondary N) is 2. The Morgan fingerprint density at radius 3 is 2.95 bits per heavy atom. The van der Waals surface area contributed by atoms with Gasteiger partial charge in [0.15, 0.2) is 0 Å². The minimum atomic E-state index is -0.0446. The average Bonchev–Trinajstić information content (AvgIpc) is 2.91. The Morgan fingerprint density at radius 2 is 2.18 bits per heavy atom. The molecule has 0 atom stereocenters. The van der Waals surface area contributed by atoms with Gasteiger partial charge in [-0.15, -0.1) is 0 Å². The monoisotopic (exact) mass is 304 g/mol. The van der Waals surface area contributed by atoms with Crippen LogP contribution in [-0.2, 0) is 16.1 Å². The van der Waals surface area contributed by atoms with E-state index in [0.29, 0.717) is 33.1 Å². The lowest BCUT2D eigenvalue weighted by Gasteiger charge is -2.28. The van der Waals surface area contributed by atoms with Crippen LogP contribution in [0.3, 0.4) is 0 Å². The van der Waals surface area contributed by atoms with Crippen molar-refractivity contribution >= 4 is 5.91 Å². The highest BCUT2D eigenvalue weighted by molar-refractivity contribution is 5.78. The van der Waals surface area contributed by atoms with E-state index < -0.39 is 0 Å². The van der Waals surface area contributed by atoms with Gasteiger partial charge in [-0.3, -0.25) is 4.79 Å². The number of amides is 1. The molecular weight excluding hydrogens is 284 g/mol. The number of benzene rings is 1. The zero-order valence-corrected chi connectivity index (χ0v) is 12.5. The number of nitrogens with zero attached hydrogens (tertiary/aromatic N) is 2. The quantitative estimate of drug-likeness (QED) is 0.725. The maximum atomic E-state index is 12.1. The molecule has 0 aromatic heterocycles. The van der Waals surface area contributed by atoms with Gasteiger partial charge in [-0.2, -0.15) is 0 Å². The van der Waals surface area contributed by atoms with E-state index in [4.69, 9.17) is 4.74 Å². The Labute approximate surface area is 129 Å². The van der Waals surface area contributed by atoms with E-state index in [-0.39, 0.29) is 11.7 Å². The van der Waals surface area contributed by atoms with Crippen LogP contribution in [0.15, 0.2) is 35.8 Å². The smallest absolute Gasteiger partial charge is 0.239 e. The van der Waals surface area contributed by atoms with Crippen molar-refractivity contribution in [1.29, 1.82) is 0 Å². The Bertz CT molecular complexity index is 585. The third-order valence-corrected chi connectivity index (χ3v) is 3.76. The molecule has 22 heavy (non-hydrogen) atoms. The van der Waals surface area contributed by atoms with Gasteiger partial charge < -0.3 is 30.3 Å². The lowest BCUT2D eigenvalue weighted by Crippen LogP contribution is -2.37. The van der Waals surface area contributed by atoms with E-state index in [2.05, 4.69) is 10.6 Å². The molecule has 2 aliphatic heterocycles. The number of hydrogen-bond donors (Lipinski definition) is 3. The maximum absolute atomic E-state index is 12.1. The summed E-state index contributed by atoms with van der Waals surface area (Å²) in [4.78, 5) is 16.1. The van der Waals surface area contributed by atoms with E-state index in [1.54, 1.807) is 24.3 Å². The van der Waals surface area contributed by atoms with Gasteiger partial charge in [-0.1, -0.05) is 12.1 Å². The molecule has 0 bridgehead atoms. The fraction of sp³-hybridized carbons (Fsp3) is 0.400. The van der Waals surface area contributed by atoms with E-state index >= 15 is 0 Å². The first-order valence-corrected chi connectivity index (χ1v) is 7.19. The topological polar surface area (TPSA) is 77.1 Å². The predicted molar refractivity (Wildman–Crippen MR) is 80.3 cm³/mol. The van der Waals surface area contributed by atoms with Gasteiger partial charge in [0.2, 0.25) is 5.91 Å². The fourth-order valence-corrected chi connectivity index (χ4v) is 2.57. The van der Waals surface area contributed by atoms with Gasteiger partial charge >= 0.3 is 0 Å². The second kappa shape index (κ2) is 6.15. The molecule has 3 rings (SSSR count). The van der Waals surface area contributed by atoms with Crippen LogP contribution in [0.1, 0.15) is 5.56 Å². The van der Waals surface area contributed by atoms with Crippen LogP contribution in [0.5, 0.6) is 5.75 Å². The van der Waals surface area contributed by atoms with Crippen LogP contribution in [-0.4, -0.2) is 54.4 Å². The van der Waals surface area contributed by atoms with Crippen molar-refractivity contribution in [3.63, 3.8) is 0 Å². The van der Waals surface area contributed by atoms with Crippen LogP contribution in [0.2, 0.25) is 0 Å². The molecule has 0 unspecified atom stereocenters. The second-order valence-corrected chi connectivity index (χ2v) is 5.45. The Kier molecular flexibility index (Phi) is 4.06. The molecule has 1 amide bonds. The number of carbonyl (C=O) groups is 1. The van der Waals surface area contributed by atoms with E-state index in [1.165, 1.54) is 0 Å². The standard InChI is InChI=1S/C15H20N4O3/c1-18-10-22-8-13-15(18)17-9-19(13)7-14(21)16-6-11-2-4-12(20)5-3-11/h2-5,17,20H,6-10H2,1H3,(H,16,21). The number of phenolic OH excluding ortho intramolecular Hbond substituents is 1. The van der Waals surface area contributed by atoms with Gasteiger partial charge in [0.1, 0.15) is 18.3 Å². The summed E-state index contributed by atoms with van der Waals surface area (Å²) in [7, 11) is 1.95. The molecule has 7 nitrogen and oxygen atoms in total. The van der Waals surface area contributed by atoms with Crippen LogP contribution < -0.4 is 10.6 Å². The highest BCUT2D eigenvalue weighted by Gasteiger charge is 2.28. The summed E-state index contributed by atoms with van der Waals surface area (Å²) in [5.74, 6) is 1.22. The van der Waals surface area contributed by atoms with Gasteiger partial charge in [-0.05, 0) is 17.7 Å². The van der Waals surface area contributed by atoms with Crippen molar-refractivity contribution in [3.05, 3.63) is 41.3 Å². The predicted octanol–water partition coefficient (Wildman–Crippen LogP) is -0.0403. The van der Waals surface area contributed by atoms with Crippen molar-refractivity contribution in [2.45, 2.75) is 6.54 Å². The molecule has 2 aliphatic rings. The third-order valence-electron chi connectivity index (χ3n) is 3.76. The molecule has 0 saturated carbocycles. The average molecular weight is 304 g/mol. The largest absolute Gasteiger partial charge is 0.508 e. The molecule has 0 saturated heterocycles. The molecule has 0 radical (unpaired) electrons. The van der Waals surface area contributed by atoms with Crippen molar-refractivity contribution in [2.24, 2.45) is 0 Å². The molecule has 1 aromatic carbocycles. The lowest BCUT2D eigenvalue weighted by molar-refractivity contribution is -0.122. The molecule has 3 N–H and O–H groups in total. The minimum Gasteiger partial charge on any atom is -0.508 e. The number of phenols is 1. The Hall–Kier alpha value is -2.41. The van der Waals surface area contributed by atoms with Gasteiger partial charge in [0, 0.05) is 13.6 Å². The van der Waals surface area contributed by atoms with E-state index in [1.807, 2.05) is 16.8 Å². The zero-order valence-electron chi connectivity index (χ0n) is 12.5. The number of aromatic hydroxyl groups is 1. The van der Waals surface area contributed by atoms with Crippen molar-refractivity contribution in [2.75, 3.05) is 33.6 Å². The first-order valence-electron chi connectivity index (χ1n) is 7.19. The van der Waals surface area contributed by atoms with E-state index in [0.717, 1.165) is 17.1 Å². The second-order valence-electron chi connectivity index (χ2n) is 5.45. The third kappa shape index (κ3) is 3.09. The molecule has 0 fully saturated rings. The summed E-state index contributed by atoms with van der Waals surface area (Å²) in [6, 6.07) is 6.80. The van der Waals surface area contributed by atoms with Crippen molar-refractivity contribution < 1.29 is 14.6 Å².